The number of carboxylic acids is 1. The summed E-state index contributed by atoms with van der Waals surface area (Å²) in [6.45, 7) is 4.19. The molecule has 3 saturated carbocycles. The van der Waals surface area contributed by atoms with E-state index in [1.807, 2.05) is 13.8 Å². The Kier molecular flexibility index (Phi) is 7.08. The molecule has 3 aliphatic carbocycles. The molecular formula is C28H38FNO4S. The zero-order chi connectivity index (χ0) is 24.7. The van der Waals surface area contributed by atoms with Gasteiger partial charge in [-0.25, -0.2) is 9.18 Å². The summed E-state index contributed by atoms with van der Waals surface area (Å²) in [6, 6.07) is 2.00. The number of halogens is 1. The Morgan fingerprint density at radius 3 is 2.51 bits per heavy atom. The fourth-order valence-electron chi connectivity index (χ4n) is 6.76. The van der Waals surface area contributed by atoms with Crippen molar-refractivity contribution in [2.75, 3.05) is 12.5 Å². The van der Waals surface area contributed by atoms with E-state index < -0.39 is 28.5 Å². The molecule has 0 aromatic heterocycles. The van der Waals surface area contributed by atoms with E-state index in [1.54, 1.807) is 6.07 Å². The number of rotatable bonds is 8. The molecule has 4 aliphatic rings. The molecular weight excluding hydrogens is 465 g/mol. The van der Waals surface area contributed by atoms with Gasteiger partial charge in [0.2, 0.25) is 0 Å². The fraction of sp³-hybridized carbons (Fsp3) is 0.714. The Labute approximate surface area is 212 Å². The molecule has 1 amide bonds. The van der Waals surface area contributed by atoms with Crippen LogP contribution in [0.3, 0.4) is 0 Å². The summed E-state index contributed by atoms with van der Waals surface area (Å²) < 4.78 is 20.7. The topological polar surface area (TPSA) is 66.8 Å². The zero-order valence-electron chi connectivity index (χ0n) is 20.9. The molecule has 5 rings (SSSR count). The molecule has 1 aromatic rings. The minimum atomic E-state index is -1.06. The van der Waals surface area contributed by atoms with E-state index in [-0.39, 0.29) is 17.4 Å². The number of benzene rings is 1. The van der Waals surface area contributed by atoms with Crippen LogP contribution in [0, 0.1) is 23.6 Å². The summed E-state index contributed by atoms with van der Waals surface area (Å²) in [6.07, 6.45) is 12.5. The van der Waals surface area contributed by atoms with Crippen molar-refractivity contribution >= 4 is 23.6 Å². The average molecular weight is 504 g/mol. The van der Waals surface area contributed by atoms with Gasteiger partial charge in [0.05, 0.1) is 18.0 Å². The van der Waals surface area contributed by atoms with Gasteiger partial charge in [0, 0.05) is 10.8 Å². The Morgan fingerprint density at radius 1 is 1.14 bits per heavy atom. The lowest BCUT2D eigenvalue weighted by Gasteiger charge is -2.39. The number of aliphatic carboxylic acids is 1. The van der Waals surface area contributed by atoms with E-state index in [9.17, 15) is 14.7 Å². The van der Waals surface area contributed by atoms with E-state index in [0.29, 0.717) is 12.4 Å². The summed E-state index contributed by atoms with van der Waals surface area (Å²) in [5, 5.41) is 9.72. The molecule has 5 nitrogen and oxygen atoms in total. The summed E-state index contributed by atoms with van der Waals surface area (Å²) in [5.41, 5.74) is 0.845. The number of carboxylic acid groups (broad SMARTS) is 1. The van der Waals surface area contributed by atoms with Crippen molar-refractivity contribution in [3.63, 3.8) is 0 Å². The predicted molar refractivity (Wildman–Crippen MR) is 135 cm³/mol. The number of nitrogens with zero attached hydrogens (tertiary/aromatic N) is 1. The second-order valence-corrected chi connectivity index (χ2v) is 13.4. The Balaban J connectivity index is 1.24. The second kappa shape index (κ2) is 9.95. The molecule has 192 valence electrons. The maximum atomic E-state index is 15.2. The van der Waals surface area contributed by atoms with E-state index in [1.165, 1.54) is 67.7 Å². The highest BCUT2D eigenvalue weighted by Gasteiger charge is 2.48. The van der Waals surface area contributed by atoms with Gasteiger partial charge >= 0.3 is 5.97 Å². The quantitative estimate of drug-likeness (QED) is 0.413. The number of hydrogen-bond donors (Lipinski definition) is 1. The predicted octanol–water partition coefficient (Wildman–Crippen LogP) is 6.46. The first kappa shape index (κ1) is 24.9. The van der Waals surface area contributed by atoms with Crippen molar-refractivity contribution in [1.29, 1.82) is 0 Å². The Morgan fingerprint density at radius 2 is 1.86 bits per heavy atom. The third-order valence-electron chi connectivity index (χ3n) is 8.63. The number of thioether (sulfide) groups is 1. The highest BCUT2D eigenvalue weighted by atomic mass is 32.2. The van der Waals surface area contributed by atoms with E-state index in [2.05, 4.69) is 0 Å². The lowest BCUT2D eigenvalue weighted by Crippen LogP contribution is -2.48. The molecule has 1 N–H and O–H groups in total. The summed E-state index contributed by atoms with van der Waals surface area (Å²) in [5.74, 6) is 1.48. The van der Waals surface area contributed by atoms with Crippen molar-refractivity contribution in [3.8, 4) is 5.75 Å². The van der Waals surface area contributed by atoms with Crippen LogP contribution in [0.5, 0.6) is 5.75 Å². The van der Waals surface area contributed by atoms with Crippen LogP contribution in [0.15, 0.2) is 12.1 Å². The van der Waals surface area contributed by atoms with Crippen LogP contribution in [0.2, 0.25) is 0 Å². The standard InChI is InChI=1S/C28H38FNO4S/c1-28(2)25(27(32)33)30(16-35-28)26(31)22-14-21(20-8-9-20)24(15-23(22)29)34-10-4-7-19-12-17-5-3-6-18(11-17)13-19/h14-15,17-20,25H,3-13,16H2,1-2H3,(H,32,33)/t17?,18?,19?,25-/m1/s1. The first-order valence-electron chi connectivity index (χ1n) is 13.4. The lowest BCUT2D eigenvalue weighted by atomic mass is 9.67. The molecule has 4 fully saturated rings. The van der Waals surface area contributed by atoms with Gasteiger partial charge in [0.15, 0.2) is 0 Å². The van der Waals surface area contributed by atoms with Crippen molar-refractivity contribution in [2.45, 2.75) is 94.8 Å². The average Bonchev–Trinajstić information content (AvgIpc) is 3.58. The first-order valence-corrected chi connectivity index (χ1v) is 14.4. The van der Waals surface area contributed by atoms with Gasteiger partial charge in [-0.1, -0.05) is 19.3 Å². The smallest absolute Gasteiger partial charge is 0.327 e. The van der Waals surface area contributed by atoms with Crippen LogP contribution < -0.4 is 4.74 Å². The second-order valence-electron chi connectivity index (χ2n) is 11.8. The van der Waals surface area contributed by atoms with Gasteiger partial charge in [-0.2, -0.15) is 0 Å². The van der Waals surface area contributed by atoms with Gasteiger partial charge in [-0.05, 0) is 94.1 Å². The van der Waals surface area contributed by atoms with Gasteiger partial charge in [0.25, 0.3) is 5.91 Å². The monoisotopic (exact) mass is 503 g/mol. The molecule has 0 radical (unpaired) electrons. The maximum absolute atomic E-state index is 15.2. The third-order valence-corrected chi connectivity index (χ3v) is 10.0. The minimum absolute atomic E-state index is 0.0439. The Bertz CT molecular complexity index is 966. The fourth-order valence-corrected chi connectivity index (χ4v) is 7.88. The molecule has 7 heteroatoms. The van der Waals surface area contributed by atoms with Gasteiger partial charge in [0.1, 0.15) is 17.6 Å². The molecule has 2 bridgehead atoms. The number of ether oxygens (including phenoxy) is 1. The number of carbonyl (C=O) groups is 2. The highest BCUT2D eigenvalue weighted by Crippen LogP contribution is 2.47. The van der Waals surface area contributed by atoms with Crippen LogP contribution >= 0.6 is 11.8 Å². The van der Waals surface area contributed by atoms with Gasteiger partial charge in [-0.3, -0.25) is 4.79 Å². The molecule has 1 aromatic carbocycles. The van der Waals surface area contributed by atoms with Gasteiger partial charge in [-0.15, -0.1) is 11.8 Å². The van der Waals surface area contributed by atoms with Crippen LogP contribution in [0.4, 0.5) is 4.39 Å². The van der Waals surface area contributed by atoms with Crippen molar-refractivity contribution in [2.24, 2.45) is 17.8 Å². The molecule has 0 spiro atoms. The first-order chi connectivity index (χ1) is 16.7. The number of hydrogen-bond acceptors (Lipinski definition) is 4. The van der Waals surface area contributed by atoms with Crippen LogP contribution in [0.1, 0.15) is 99.9 Å². The largest absolute Gasteiger partial charge is 0.493 e. The van der Waals surface area contributed by atoms with Crippen molar-refractivity contribution in [3.05, 3.63) is 29.1 Å². The summed E-state index contributed by atoms with van der Waals surface area (Å²) >= 11 is 1.41. The van der Waals surface area contributed by atoms with Crippen molar-refractivity contribution < 1.29 is 23.8 Å². The molecule has 1 aliphatic heterocycles. The Hall–Kier alpha value is -1.76. The zero-order valence-corrected chi connectivity index (χ0v) is 21.7. The molecule has 1 heterocycles. The summed E-state index contributed by atoms with van der Waals surface area (Å²) in [7, 11) is 0. The number of carbonyl (C=O) groups excluding carboxylic acids is 1. The van der Waals surface area contributed by atoms with Crippen LogP contribution in [-0.4, -0.2) is 45.2 Å². The lowest BCUT2D eigenvalue weighted by molar-refractivity contribution is -0.142. The highest BCUT2D eigenvalue weighted by molar-refractivity contribution is 8.00. The number of amides is 1. The number of fused-ring (bicyclic) bond motifs is 2. The normalized spacial score (nSPS) is 29.7. The van der Waals surface area contributed by atoms with Crippen LogP contribution in [-0.2, 0) is 4.79 Å². The van der Waals surface area contributed by atoms with E-state index >= 15 is 4.39 Å². The minimum Gasteiger partial charge on any atom is -0.493 e. The third kappa shape index (κ3) is 5.35. The molecule has 35 heavy (non-hydrogen) atoms. The molecule has 1 saturated heterocycles. The van der Waals surface area contributed by atoms with Crippen molar-refractivity contribution in [1.82, 2.24) is 4.90 Å². The molecule has 2 unspecified atom stereocenters. The van der Waals surface area contributed by atoms with Crippen LogP contribution in [0.25, 0.3) is 0 Å². The van der Waals surface area contributed by atoms with E-state index in [0.717, 1.165) is 42.6 Å². The summed E-state index contributed by atoms with van der Waals surface area (Å²) in [4.78, 5) is 26.4. The molecule has 3 atom stereocenters. The maximum Gasteiger partial charge on any atom is 0.327 e. The van der Waals surface area contributed by atoms with E-state index in [4.69, 9.17) is 4.74 Å². The van der Waals surface area contributed by atoms with Gasteiger partial charge < -0.3 is 14.7 Å². The SMILES string of the molecule is CC1(C)SCN(C(=O)c2cc(C3CC3)c(OCCCC3CC4CCCC(C3)C4)cc2F)[C@@H]1C(=O)O.